The van der Waals surface area contributed by atoms with Gasteiger partial charge in [0.25, 0.3) is 0 Å². The summed E-state index contributed by atoms with van der Waals surface area (Å²) in [6.45, 7) is 2.22. The van der Waals surface area contributed by atoms with Crippen LogP contribution in [-0.2, 0) is 16.2 Å². The van der Waals surface area contributed by atoms with E-state index >= 15 is 0 Å². The number of hydrogen-bond donors (Lipinski definition) is 4. The maximum Gasteiger partial charge on any atom is 0.417 e. The summed E-state index contributed by atoms with van der Waals surface area (Å²) in [4.78, 5) is 8.60. The first-order chi connectivity index (χ1) is 18.7. The molecule has 0 spiro atoms. The monoisotopic (exact) mass is 580 g/mol. The number of rotatable bonds is 12. The molecule has 4 rings (SSSR count). The molecule has 1 fully saturated rings. The summed E-state index contributed by atoms with van der Waals surface area (Å²) < 4.78 is 67.5. The number of nitrogens with one attached hydrogen (secondary N) is 3. The van der Waals surface area contributed by atoms with E-state index < -0.39 is 26.7 Å². The number of anilines is 2. The van der Waals surface area contributed by atoms with E-state index in [-0.39, 0.29) is 19.9 Å². The molecule has 0 atom stereocenters. The number of nitrogens with two attached hydrogens (primary N) is 1. The second-order valence-electron chi connectivity index (χ2n) is 9.95. The molecule has 3 aromatic rings. The molecule has 2 aromatic carbocycles. The number of hydrogen-bond acceptors (Lipinski definition) is 7. The van der Waals surface area contributed by atoms with Gasteiger partial charge in [-0.25, -0.2) is 18.1 Å². The smallest absolute Gasteiger partial charge is 0.369 e. The number of nitrogens with zero attached hydrogens (tertiary/aromatic N) is 2. The van der Waals surface area contributed by atoms with E-state index in [0.29, 0.717) is 25.0 Å². The van der Waals surface area contributed by atoms with Crippen LogP contribution >= 0.6 is 0 Å². The first-order valence-electron chi connectivity index (χ1n) is 13.3. The van der Waals surface area contributed by atoms with Crippen molar-refractivity contribution in [1.29, 1.82) is 0 Å². The number of para-hydroxylation sites is 1. The average molecular weight is 581 g/mol. The van der Waals surface area contributed by atoms with Crippen molar-refractivity contribution in [3.8, 4) is 0 Å². The van der Waals surface area contributed by atoms with Gasteiger partial charge in [-0.3, -0.25) is 0 Å². The summed E-state index contributed by atoms with van der Waals surface area (Å²) in [6.07, 6.45) is 0.446. The Hall–Kier alpha value is -2.96. The lowest BCUT2D eigenvalue weighted by Gasteiger charge is -2.29. The van der Waals surface area contributed by atoms with Crippen molar-refractivity contribution in [3.63, 3.8) is 0 Å². The van der Waals surface area contributed by atoms with Gasteiger partial charge in [0.1, 0.15) is 5.82 Å². The molecule has 1 heterocycles. The summed E-state index contributed by atoms with van der Waals surface area (Å²) in [5.41, 5.74) is 5.28. The van der Waals surface area contributed by atoms with Gasteiger partial charge >= 0.3 is 6.18 Å². The zero-order chi connectivity index (χ0) is 27.9. The van der Waals surface area contributed by atoms with E-state index in [0.717, 1.165) is 73.9 Å². The Balaban J connectivity index is 0.00000441. The van der Waals surface area contributed by atoms with E-state index in [1.807, 2.05) is 24.3 Å². The zero-order valence-electron chi connectivity index (χ0n) is 21.7. The predicted octanol–water partition coefficient (Wildman–Crippen LogP) is 5.63. The highest BCUT2D eigenvalue weighted by atomic mass is 32.2. The molecule has 1 saturated carbocycles. The first-order valence-corrected chi connectivity index (χ1v) is 14.8. The topological polar surface area (TPSA) is 122 Å². The highest BCUT2D eigenvalue weighted by molar-refractivity contribution is 7.89. The lowest BCUT2D eigenvalue weighted by molar-refractivity contribution is -0.139. The SMILES string of the molecule is C.NCCCCNc1nc(NCC2CCC(CNS(=O)(=O)c3ccccc3C(F)(F)F)CC2)nc2ccccc12. The van der Waals surface area contributed by atoms with Crippen molar-refractivity contribution in [2.45, 2.75) is 57.0 Å². The Morgan fingerprint density at radius 1 is 0.875 bits per heavy atom. The Morgan fingerprint density at radius 2 is 1.52 bits per heavy atom. The fourth-order valence-electron chi connectivity index (χ4n) is 4.88. The molecule has 1 aliphatic rings. The third-order valence-corrected chi connectivity index (χ3v) is 8.57. The van der Waals surface area contributed by atoms with Crippen molar-refractivity contribution in [2.75, 3.05) is 36.8 Å². The number of sulfonamides is 1. The molecule has 0 bridgehead atoms. The quantitative estimate of drug-likeness (QED) is 0.205. The van der Waals surface area contributed by atoms with Crippen LogP contribution in [0, 0.1) is 11.8 Å². The maximum atomic E-state index is 13.3. The maximum absolute atomic E-state index is 13.3. The molecular formula is C28H39F3N6O2S. The third kappa shape index (κ3) is 8.28. The largest absolute Gasteiger partial charge is 0.417 e. The Morgan fingerprint density at radius 3 is 2.23 bits per heavy atom. The summed E-state index contributed by atoms with van der Waals surface area (Å²) >= 11 is 0. The second-order valence-corrected chi connectivity index (χ2v) is 11.7. The van der Waals surface area contributed by atoms with Gasteiger partial charge in [-0.05, 0) is 81.2 Å². The molecular weight excluding hydrogens is 541 g/mol. The van der Waals surface area contributed by atoms with E-state index in [1.165, 1.54) is 12.1 Å². The van der Waals surface area contributed by atoms with E-state index in [4.69, 9.17) is 5.73 Å². The molecule has 1 aliphatic carbocycles. The van der Waals surface area contributed by atoms with E-state index in [2.05, 4.69) is 25.3 Å². The standard InChI is InChI=1S/C27H35F3N6O2S.CH4/c28-27(29,30)22-8-2-4-10-24(22)39(37,38)34-18-20-13-11-19(12-14-20)17-33-26-35-23-9-3-1-7-21(23)25(36-26)32-16-6-5-15-31;/h1-4,7-10,19-20,34H,5-6,11-18,31H2,(H2,32,33,35,36);1H4. The number of fused-ring (bicyclic) bond motifs is 1. The minimum atomic E-state index is -4.74. The van der Waals surface area contributed by atoms with Gasteiger partial charge in [0, 0.05) is 25.0 Å². The van der Waals surface area contributed by atoms with Crippen molar-refractivity contribution in [3.05, 3.63) is 54.1 Å². The van der Waals surface area contributed by atoms with Crippen LogP contribution in [0.3, 0.4) is 0 Å². The number of halogens is 3. The minimum Gasteiger partial charge on any atom is -0.369 e. The van der Waals surface area contributed by atoms with Gasteiger partial charge in [-0.1, -0.05) is 31.7 Å². The van der Waals surface area contributed by atoms with Crippen LogP contribution in [0.4, 0.5) is 24.9 Å². The number of alkyl halides is 3. The van der Waals surface area contributed by atoms with Crippen LogP contribution in [0.25, 0.3) is 10.9 Å². The number of unbranched alkanes of at least 4 members (excludes halogenated alkanes) is 1. The molecule has 1 aromatic heterocycles. The predicted molar refractivity (Wildman–Crippen MR) is 154 cm³/mol. The molecule has 0 amide bonds. The van der Waals surface area contributed by atoms with Crippen LogP contribution in [0.1, 0.15) is 51.5 Å². The minimum absolute atomic E-state index is 0. The number of aromatic nitrogens is 2. The molecule has 0 aliphatic heterocycles. The van der Waals surface area contributed by atoms with Gasteiger partial charge in [0.2, 0.25) is 16.0 Å². The Kier molecular flexibility index (Phi) is 11.1. The first kappa shape index (κ1) is 31.6. The van der Waals surface area contributed by atoms with Gasteiger partial charge in [-0.2, -0.15) is 18.2 Å². The Labute approximate surface area is 234 Å². The second kappa shape index (κ2) is 14.1. The fraction of sp³-hybridized carbons (Fsp3) is 0.500. The van der Waals surface area contributed by atoms with Crippen molar-refractivity contribution < 1.29 is 21.6 Å². The molecule has 0 saturated heterocycles. The van der Waals surface area contributed by atoms with Gasteiger partial charge in [-0.15, -0.1) is 0 Å². The number of benzene rings is 2. The third-order valence-electron chi connectivity index (χ3n) is 7.09. The van der Waals surface area contributed by atoms with Crippen molar-refractivity contribution in [2.24, 2.45) is 17.6 Å². The highest BCUT2D eigenvalue weighted by Crippen LogP contribution is 2.34. The molecule has 5 N–H and O–H groups in total. The van der Waals surface area contributed by atoms with Gasteiger partial charge in [0.15, 0.2) is 0 Å². The summed E-state index contributed by atoms with van der Waals surface area (Å²) in [5, 5.41) is 7.71. The van der Waals surface area contributed by atoms with Gasteiger partial charge in [0.05, 0.1) is 16.0 Å². The molecule has 0 unspecified atom stereocenters. The van der Waals surface area contributed by atoms with Crippen molar-refractivity contribution in [1.82, 2.24) is 14.7 Å². The van der Waals surface area contributed by atoms with E-state index in [9.17, 15) is 21.6 Å². The van der Waals surface area contributed by atoms with Crippen LogP contribution in [0.15, 0.2) is 53.4 Å². The summed E-state index contributed by atoms with van der Waals surface area (Å²) in [7, 11) is -4.28. The summed E-state index contributed by atoms with van der Waals surface area (Å²) in [6, 6.07) is 12.1. The Bertz CT molecular complexity index is 1350. The van der Waals surface area contributed by atoms with E-state index in [1.54, 1.807) is 0 Å². The molecule has 0 radical (unpaired) electrons. The molecule has 12 heteroatoms. The van der Waals surface area contributed by atoms with Crippen LogP contribution < -0.4 is 21.1 Å². The summed E-state index contributed by atoms with van der Waals surface area (Å²) in [5.74, 6) is 1.76. The zero-order valence-corrected chi connectivity index (χ0v) is 22.5. The van der Waals surface area contributed by atoms with Crippen LogP contribution in [0.5, 0.6) is 0 Å². The molecule has 8 nitrogen and oxygen atoms in total. The lowest BCUT2D eigenvalue weighted by Crippen LogP contribution is -2.33. The molecule has 220 valence electrons. The molecule has 40 heavy (non-hydrogen) atoms. The average Bonchev–Trinajstić information content (AvgIpc) is 2.93. The van der Waals surface area contributed by atoms with Gasteiger partial charge < -0.3 is 16.4 Å². The van der Waals surface area contributed by atoms with Crippen LogP contribution in [-0.4, -0.2) is 44.6 Å². The fourth-order valence-corrected chi connectivity index (χ4v) is 6.22. The lowest BCUT2D eigenvalue weighted by atomic mass is 9.82. The highest BCUT2D eigenvalue weighted by Gasteiger charge is 2.37. The van der Waals surface area contributed by atoms with Crippen molar-refractivity contribution >= 4 is 32.7 Å². The normalized spacial score (nSPS) is 17.8. The van der Waals surface area contributed by atoms with Crippen LogP contribution in [0.2, 0.25) is 0 Å².